The molecule has 4 nitrogen and oxygen atoms in total. The number of para-hydroxylation sites is 1. The van der Waals surface area contributed by atoms with Crippen molar-refractivity contribution in [1.82, 2.24) is 9.55 Å². The molecule has 8 aromatic carbocycles. The van der Waals surface area contributed by atoms with Crippen molar-refractivity contribution in [3.8, 4) is 22.4 Å². The molecule has 61 heavy (non-hydrogen) atoms. The predicted molar refractivity (Wildman–Crippen MR) is 256 cm³/mol. The van der Waals surface area contributed by atoms with Gasteiger partial charge in [0, 0.05) is 55.3 Å². The standard InChI is InChI=1S/C40H33N2Si.C15H12O2.Ir/c1-25-20-28(22-35-32-16-10-11-17-38(32)42(2)40(25)35)37-24-34(33-23-29(43(3,4)5)18-19-36(33)41-37)39-30-14-8-6-12-26(30)21-27-13-7-9-15-31(27)39;16-14(12-7-3-1-4-8-12)11-15(17)13-9-5-2-6-10-13;/h6-19,21-24H,1-5H3;1-11,16H;/q-1;;/b;14-11-;. The number of carbonyl (C=O) groups is 1. The third-order valence-electron chi connectivity index (χ3n) is 11.5. The van der Waals surface area contributed by atoms with E-state index in [2.05, 4.69) is 153 Å². The fraction of sp³-hybridized carbons (Fsp3) is 0.0909. The summed E-state index contributed by atoms with van der Waals surface area (Å²) in [5.74, 6) is -0.216. The molecule has 0 spiro atoms. The van der Waals surface area contributed by atoms with Crippen LogP contribution < -0.4 is 5.19 Å². The van der Waals surface area contributed by atoms with Crippen molar-refractivity contribution in [2.75, 3.05) is 0 Å². The van der Waals surface area contributed by atoms with E-state index in [1.165, 1.54) is 71.1 Å². The number of nitrogens with zero attached hydrogens (tertiary/aromatic N) is 2. The second-order valence-electron chi connectivity index (χ2n) is 16.5. The molecule has 10 rings (SSSR count). The van der Waals surface area contributed by atoms with E-state index < -0.39 is 8.07 Å². The molecule has 0 fully saturated rings. The average Bonchev–Trinajstić information content (AvgIpc) is 3.57. The van der Waals surface area contributed by atoms with Gasteiger partial charge in [-0.3, -0.25) is 9.78 Å². The van der Waals surface area contributed by atoms with Crippen LogP contribution in [0, 0.1) is 13.0 Å². The third-order valence-corrected chi connectivity index (χ3v) is 13.5. The van der Waals surface area contributed by atoms with Gasteiger partial charge in [0.25, 0.3) is 0 Å². The van der Waals surface area contributed by atoms with Crippen LogP contribution in [-0.4, -0.2) is 28.5 Å². The van der Waals surface area contributed by atoms with Crippen LogP contribution in [0.4, 0.5) is 0 Å². The summed E-state index contributed by atoms with van der Waals surface area (Å²) in [6.45, 7) is 9.42. The number of rotatable bonds is 6. The summed E-state index contributed by atoms with van der Waals surface area (Å²) < 4.78 is 2.29. The van der Waals surface area contributed by atoms with Crippen LogP contribution in [0.25, 0.3) is 82.4 Å². The maximum Gasteiger partial charge on any atom is 0.189 e. The molecular weight excluding hydrogens is 941 g/mol. The van der Waals surface area contributed by atoms with E-state index in [1.54, 1.807) is 36.4 Å². The first-order valence-electron chi connectivity index (χ1n) is 20.4. The van der Waals surface area contributed by atoms with Gasteiger partial charge in [0.15, 0.2) is 5.78 Å². The molecule has 0 saturated carbocycles. The zero-order valence-corrected chi connectivity index (χ0v) is 38.2. The molecule has 6 heteroatoms. The molecule has 0 amide bonds. The van der Waals surface area contributed by atoms with Crippen molar-refractivity contribution in [2.45, 2.75) is 26.6 Å². The SMILES string of the molecule is Cc1[c-]c(-c2cc(-c3c4ccccc4cc4ccccc34)c3cc([Si](C)(C)C)ccc3n2)cc2c3ccccc3n(C)c12.O=C(/C=C(\O)c1ccccc1)c1ccccc1.[Ir]. The molecule has 0 saturated heterocycles. The molecular formula is C55H45IrN2O2Si-. The van der Waals surface area contributed by atoms with Crippen LogP contribution in [-0.2, 0) is 27.2 Å². The molecule has 2 heterocycles. The summed E-state index contributed by atoms with van der Waals surface area (Å²) in [4.78, 5) is 17.1. The Kier molecular flexibility index (Phi) is 11.4. The van der Waals surface area contributed by atoms with E-state index in [0.29, 0.717) is 11.1 Å². The maximum atomic E-state index is 11.8. The number of carbonyl (C=O) groups excluding carboxylic acids is 1. The molecule has 1 radical (unpaired) electrons. The fourth-order valence-electron chi connectivity index (χ4n) is 8.44. The van der Waals surface area contributed by atoms with Crippen LogP contribution in [0.2, 0.25) is 19.6 Å². The molecule has 0 aliphatic carbocycles. The number of fused-ring (bicyclic) bond motifs is 6. The number of allylic oxidation sites excluding steroid dienone is 1. The van der Waals surface area contributed by atoms with E-state index in [4.69, 9.17) is 4.98 Å². The number of benzene rings is 8. The van der Waals surface area contributed by atoms with E-state index in [1.807, 2.05) is 24.3 Å². The summed E-state index contributed by atoms with van der Waals surface area (Å²) in [5.41, 5.74) is 10.3. The summed E-state index contributed by atoms with van der Waals surface area (Å²) in [6.07, 6.45) is 1.24. The van der Waals surface area contributed by atoms with Crippen molar-refractivity contribution < 1.29 is 30.0 Å². The van der Waals surface area contributed by atoms with Crippen molar-refractivity contribution >= 4 is 79.1 Å². The molecule has 0 aliphatic rings. The largest absolute Gasteiger partial charge is 0.507 e. The quantitative estimate of drug-likeness (QED) is 0.0451. The van der Waals surface area contributed by atoms with Gasteiger partial charge in [-0.2, -0.15) is 0 Å². The van der Waals surface area contributed by atoms with Crippen LogP contribution in [0.1, 0.15) is 21.5 Å². The van der Waals surface area contributed by atoms with Crippen LogP contribution in [0.3, 0.4) is 0 Å². The third kappa shape index (κ3) is 7.98. The molecule has 0 aliphatic heterocycles. The van der Waals surface area contributed by atoms with Crippen LogP contribution in [0.15, 0.2) is 176 Å². The van der Waals surface area contributed by atoms with Gasteiger partial charge in [-0.1, -0.05) is 183 Å². The van der Waals surface area contributed by atoms with Crippen LogP contribution >= 0.6 is 0 Å². The molecule has 0 unspecified atom stereocenters. The number of hydrogen-bond donors (Lipinski definition) is 1. The number of pyridine rings is 1. The van der Waals surface area contributed by atoms with Crippen molar-refractivity contribution in [1.29, 1.82) is 0 Å². The first-order valence-corrected chi connectivity index (χ1v) is 23.9. The van der Waals surface area contributed by atoms with Crippen molar-refractivity contribution in [3.05, 3.63) is 199 Å². The molecule has 10 aromatic rings. The Morgan fingerprint density at radius 2 is 1.21 bits per heavy atom. The Morgan fingerprint density at radius 1 is 0.639 bits per heavy atom. The molecule has 1 N–H and O–H groups in total. The zero-order valence-electron chi connectivity index (χ0n) is 34.8. The summed E-state index contributed by atoms with van der Waals surface area (Å²) in [7, 11) is 0.595. The Hall–Kier alpha value is -6.43. The molecule has 2 aromatic heterocycles. The Labute approximate surface area is 371 Å². The minimum atomic E-state index is -1.56. The van der Waals surface area contributed by atoms with Gasteiger partial charge in [0.2, 0.25) is 0 Å². The summed E-state index contributed by atoms with van der Waals surface area (Å²) in [6, 6.07) is 61.8. The first kappa shape index (κ1) is 41.3. The van der Waals surface area contributed by atoms with Gasteiger partial charge in [-0.25, -0.2) is 0 Å². The van der Waals surface area contributed by atoms with Crippen molar-refractivity contribution in [2.24, 2.45) is 7.05 Å². The minimum Gasteiger partial charge on any atom is -0.507 e. The van der Waals surface area contributed by atoms with Gasteiger partial charge in [0.05, 0.1) is 13.6 Å². The predicted octanol–water partition coefficient (Wildman–Crippen LogP) is 13.6. The van der Waals surface area contributed by atoms with Gasteiger partial charge < -0.3 is 9.67 Å². The first-order chi connectivity index (χ1) is 29.0. The number of aliphatic hydroxyl groups is 1. The normalized spacial score (nSPS) is 11.8. The van der Waals surface area contributed by atoms with Gasteiger partial charge in [0.1, 0.15) is 5.76 Å². The zero-order chi connectivity index (χ0) is 41.5. The summed E-state index contributed by atoms with van der Waals surface area (Å²) >= 11 is 0. The Bertz CT molecular complexity index is 3240. The average molecular weight is 986 g/mol. The van der Waals surface area contributed by atoms with Gasteiger partial charge >= 0.3 is 0 Å². The van der Waals surface area contributed by atoms with E-state index >= 15 is 0 Å². The number of aryl methyl sites for hydroxylation is 2. The molecule has 301 valence electrons. The minimum absolute atomic E-state index is 0. The van der Waals surface area contributed by atoms with E-state index in [0.717, 1.165) is 22.3 Å². The van der Waals surface area contributed by atoms with E-state index in [9.17, 15) is 9.90 Å². The number of ketones is 1. The Morgan fingerprint density at radius 3 is 1.85 bits per heavy atom. The van der Waals surface area contributed by atoms with Gasteiger partial charge in [-0.05, 0) is 67.5 Å². The van der Waals surface area contributed by atoms with Crippen molar-refractivity contribution in [3.63, 3.8) is 0 Å². The molecule has 0 bridgehead atoms. The van der Waals surface area contributed by atoms with Gasteiger partial charge in [-0.15, -0.1) is 23.3 Å². The number of hydrogen-bond acceptors (Lipinski definition) is 3. The smallest absolute Gasteiger partial charge is 0.189 e. The topological polar surface area (TPSA) is 55.1 Å². The Balaban J connectivity index is 0.000000241. The second kappa shape index (κ2) is 16.9. The monoisotopic (exact) mass is 986 g/mol. The molecule has 0 atom stereocenters. The summed E-state index contributed by atoms with van der Waals surface area (Å²) in [5, 5.41) is 20.0. The maximum absolute atomic E-state index is 11.8. The number of aromatic nitrogens is 2. The van der Waals surface area contributed by atoms with E-state index in [-0.39, 0.29) is 31.6 Å². The fourth-order valence-corrected chi connectivity index (χ4v) is 9.61. The van der Waals surface area contributed by atoms with Crippen LogP contribution in [0.5, 0.6) is 0 Å². The number of aliphatic hydroxyl groups excluding tert-OH is 1. The second-order valence-corrected chi connectivity index (χ2v) is 21.6.